The Hall–Kier alpha value is -4.89. The fourth-order valence-electron chi connectivity index (χ4n) is 5.53. The zero-order chi connectivity index (χ0) is 43.3. The number of benzene rings is 4. The number of carbonyl (C=O) groups is 2. The van der Waals surface area contributed by atoms with Crippen molar-refractivity contribution >= 4 is 47.7 Å². The molecule has 0 bridgehead atoms. The number of nitrogens with one attached hydrogen (secondary N) is 1. The van der Waals surface area contributed by atoms with Crippen LogP contribution in [0.5, 0.6) is 23.0 Å². The van der Waals surface area contributed by atoms with E-state index in [1.807, 2.05) is 49.0 Å². The Morgan fingerprint density at radius 3 is 2.20 bits per heavy atom. The van der Waals surface area contributed by atoms with E-state index in [4.69, 9.17) is 28.0 Å². The molecule has 4 aromatic carbocycles. The molecule has 0 saturated carbocycles. The van der Waals surface area contributed by atoms with Crippen LogP contribution in [0.15, 0.2) is 101 Å². The first kappa shape index (κ1) is 47.8. The molecule has 16 heteroatoms. The quantitative estimate of drug-likeness (QED) is 0.0384. The first-order chi connectivity index (χ1) is 29.0. The molecule has 1 amide bonds. The number of aromatic nitrogens is 1. The van der Waals surface area contributed by atoms with Crippen molar-refractivity contribution in [1.29, 1.82) is 0 Å². The average molecular weight is 881 g/mol. The van der Waals surface area contributed by atoms with Gasteiger partial charge in [0.15, 0.2) is 5.13 Å². The zero-order valence-electron chi connectivity index (χ0n) is 34.7. The third kappa shape index (κ3) is 16.3. The highest BCUT2D eigenvalue weighted by molar-refractivity contribution is 7.99. The number of hydrogen-bond acceptors (Lipinski definition) is 14. The first-order valence-electron chi connectivity index (χ1n) is 19.3. The van der Waals surface area contributed by atoms with Crippen molar-refractivity contribution in [2.24, 2.45) is 0 Å². The molecule has 0 aliphatic carbocycles. The molecule has 0 fully saturated rings. The molecule has 1 heterocycles. The number of rotatable bonds is 22. The van der Waals surface area contributed by atoms with Gasteiger partial charge in [-0.25, -0.2) is 9.78 Å². The van der Waals surface area contributed by atoms with E-state index in [1.54, 1.807) is 44.5 Å². The lowest BCUT2D eigenvalue weighted by molar-refractivity contribution is 0.0599. The van der Waals surface area contributed by atoms with E-state index in [2.05, 4.69) is 46.2 Å². The molecule has 0 aliphatic heterocycles. The van der Waals surface area contributed by atoms with Gasteiger partial charge in [-0.05, 0) is 74.0 Å². The molecule has 0 radical (unpaired) electrons. The lowest BCUT2D eigenvalue weighted by Crippen LogP contribution is -2.19. The molecule has 1 aromatic heterocycles. The summed E-state index contributed by atoms with van der Waals surface area (Å²) >= 11 is 3.04. The standard InChI is InChI=1S/C29H39N2O7PS2.C15H14O4/c1-6-36-39(33,37-7-2)19-24-20-41-29(30-24)31-28(32)23-15-25(17-26(16-23)38-21(4)18-34-5)35-14-13-22-9-11-27(12-10-22)40-8-3;1-18-15(17)12-7-13(16)9-14(8-12)19-10-11-5-3-2-4-6-11/h9-12,15-17,20-21H,6-8,13-14,18-19H2,1-5H3,(H,30,31,32);2-9,16H,10H2,1H3/t21-;/m0./s1. The molecule has 322 valence electrons. The summed E-state index contributed by atoms with van der Waals surface area (Å²) in [5.41, 5.74) is 3.30. The molecule has 0 saturated heterocycles. The first-order valence-corrected chi connectivity index (χ1v) is 22.9. The molecule has 0 spiro atoms. The number of thioether (sulfide) groups is 1. The molecule has 5 aromatic rings. The lowest BCUT2D eigenvalue weighted by Gasteiger charge is -2.16. The highest BCUT2D eigenvalue weighted by Crippen LogP contribution is 2.51. The molecular weight excluding hydrogens is 828 g/mol. The molecule has 60 heavy (non-hydrogen) atoms. The number of ether oxygens (including phenoxy) is 5. The maximum atomic E-state index is 13.2. The smallest absolute Gasteiger partial charge is 0.338 e. The van der Waals surface area contributed by atoms with Crippen molar-refractivity contribution in [3.05, 3.63) is 124 Å². The van der Waals surface area contributed by atoms with Crippen LogP contribution in [0, 0.1) is 0 Å². The van der Waals surface area contributed by atoms with Crippen molar-refractivity contribution in [3.8, 4) is 23.0 Å². The summed E-state index contributed by atoms with van der Waals surface area (Å²) in [5, 5.41) is 14.5. The summed E-state index contributed by atoms with van der Waals surface area (Å²) in [6, 6.07) is 27.5. The van der Waals surface area contributed by atoms with Gasteiger partial charge in [0.25, 0.3) is 5.91 Å². The summed E-state index contributed by atoms with van der Waals surface area (Å²) in [6.45, 7) is 9.27. The van der Waals surface area contributed by atoms with E-state index in [-0.39, 0.29) is 42.7 Å². The van der Waals surface area contributed by atoms with Gasteiger partial charge in [0.05, 0.1) is 51.0 Å². The van der Waals surface area contributed by atoms with Crippen LogP contribution < -0.4 is 19.5 Å². The highest BCUT2D eigenvalue weighted by atomic mass is 32.2. The van der Waals surface area contributed by atoms with E-state index < -0.39 is 13.6 Å². The summed E-state index contributed by atoms with van der Waals surface area (Å²) < 4.78 is 50.9. The number of hydrogen-bond donors (Lipinski definition) is 2. The van der Waals surface area contributed by atoms with Gasteiger partial charge in [0, 0.05) is 41.5 Å². The van der Waals surface area contributed by atoms with Crippen LogP contribution in [0.1, 0.15) is 65.2 Å². The number of esters is 1. The van der Waals surface area contributed by atoms with Gasteiger partial charge in [-0.3, -0.25) is 14.7 Å². The number of phenols is 1. The molecule has 1 atom stereocenters. The Kier molecular flexibility index (Phi) is 19.9. The van der Waals surface area contributed by atoms with E-state index in [9.17, 15) is 19.3 Å². The van der Waals surface area contributed by atoms with E-state index in [1.165, 1.54) is 47.1 Å². The van der Waals surface area contributed by atoms with Gasteiger partial charge < -0.3 is 37.8 Å². The number of carbonyl (C=O) groups excluding carboxylic acids is 2. The Balaban J connectivity index is 0.000000347. The van der Waals surface area contributed by atoms with Crippen molar-refractivity contribution in [1.82, 2.24) is 4.98 Å². The van der Waals surface area contributed by atoms with Gasteiger partial charge in [0.1, 0.15) is 35.7 Å². The summed E-state index contributed by atoms with van der Waals surface area (Å²) in [6.07, 6.45) is 0.525. The summed E-state index contributed by atoms with van der Waals surface area (Å²) in [5.74, 6) is 1.54. The minimum atomic E-state index is -3.30. The van der Waals surface area contributed by atoms with Crippen LogP contribution in [-0.2, 0) is 42.3 Å². The van der Waals surface area contributed by atoms with Crippen LogP contribution >= 0.6 is 30.7 Å². The predicted octanol–water partition coefficient (Wildman–Crippen LogP) is 10.1. The van der Waals surface area contributed by atoms with Crippen LogP contribution in [0.3, 0.4) is 0 Å². The summed E-state index contributed by atoms with van der Waals surface area (Å²) in [4.78, 5) is 30.3. The minimum Gasteiger partial charge on any atom is -0.508 e. The SMILES string of the molecule is CCOP(=O)(Cc1csc(NC(=O)c2cc(OCCc3ccc(SCC)cc3)cc(O[C@@H](C)COC)c2)n1)OCC.COC(=O)c1cc(O)cc(OCc2ccccc2)c1. The third-order valence-electron chi connectivity index (χ3n) is 8.11. The van der Waals surface area contributed by atoms with Crippen molar-refractivity contribution in [2.75, 3.05) is 51.7 Å². The highest BCUT2D eigenvalue weighted by Gasteiger charge is 2.26. The van der Waals surface area contributed by atoms with Crippen molar-refractivity contribution in [3.63, 3.8) is 0 Å². The molecule has 13 nitrogen and oxygen atoms in total. The Labute approximate surface area is 360 Å². The molecule has 5 rings (SSSR count). The van der Waals surface area contributed by atoms with Gasteiger partial charge in [-0.2, -0.15) is 0 Å². The third-order valence-corrected chi connectivity index (χ3v) is 11.8. The van der Waals surface area contributed by atoms with Crippen LogP contribution in [0.4, 0.5) is 5.13 Å². The number of aromatic hydroxyl groups is 1. The van der Waals surface area contributed by atoms with Crippen molar-refractivity contribution < 1.29 is 52.0 Å². The number of amides is 1. The average Bonchev–Trinajstić information content (AvgIpc) is 3.66. The Bertz CT molecular complexity index is 2120. The monoisotopic (exact) mass is 880 g/mol. The van der Waals surface area contributed by atoms with Gasteiger partial charge in [-0.15, -0.1) is 23.1 Å². The van der Waals surface area contributed by atoms with E-state index in [0.29, 0.717) is 53.5 Å². The predicted molar refractivity (Wildman–Crippen MR) is 235 cm³/mol. The summed E-state index contributed by atoms with van der Waals surface area (Å²) in [7, 11) is -0.409. The molecule has 0 unspecified atom stereocenters. The fraction of sp³-hybridized carbons (Fsp3) is 0.341. The Morgan fingerprint density at radius 1 is 0.850 bits per heavy atom. The van der Waals surface area contributed by atoms with Crippen LogP contribution in [0.25, 0.3) is 0 Å². The minimum absolute atomic E-state index is 0.0277. The Morgan fingerprint density at radius 2 is 1.53 bits per heavy atom. The van der Waals surface area contributed by atoms with E-state index in [0.717, 1.165) is 17.7 Å². The largest absolute Gasteiger partial charge is 0.508 e. The number of thiazole rings is 1. The fourth-order valence-corrected chi connectivity index (χ4v) is 8.62. The normalized spacial score (nSPS) is 11.5. The second-order valence-corrected chi connectivity index (χ2v) is 17.2. The molecule has 0 aliphatic rings. The maximum Gasteiger partial charge on any atom is 0.338 e. The number of phenolic OH excluding ortho intramolecular Hbond substituents is 1. The van der Waals surface area contributed by atoms with Gasteiger partial charge >= 0.3 is 13.6 Å². The van der Waals surface area contributed by atoms with Crippen LogP contribution in [0.2, 0.25) is 0 Å². The van der Waals surface area contributed by atoms with E-state index >= 15 is 0 Å². The second-order valence-electron chi connectivity index (χ2n) is 12.9. The topological polar surface area (TPSA) is 161 Å². The molecule has 2 N–H and O–H groups in total. The maximum absolute atomic E-state index is 13.2. The lowest BCUT2D eigenvalue weighted by atomic mass is 10.1. The number of nitrogens with zero attached hydrogens (tertiary/aromatic N) is 1. The van der Waals surface area contributed by atoms with Gasteiger partial charge in [-0.1, -0.05) is 49.4 Å². The van der Waals surface area contributed by atoms with Crippen molar-refractivity contribution in [2.45, 2.75) is 57.9 Å². The van der Waals surface area contributed by atoms with Crippen LogP contribution in [-0.4, -0.2) is 74.5 Å². The van der Waals surface area contributed by atoms with Gasteiger partial charge in [0.2, 0.25) is 0 Å². The number of methoxy groups -OCH3 is 2. The number of anilines is 1. The molecular formula is C44H53N2O11PS2. The second kappa shape index (κ2) is 25.0. The zero-order valence-corrected chi connectivity index (χ0v) is 37.2.